The molecule has 2 heteroatoms. The summed E-state index contributed by atoms with van der Waals surface area (Å²) in [5, 5.41) is 9.88. The fourth-order valence-electron chi connectivity index (χ4n) is 2.43. The molecule has 1 N–H and O–H groups in total. The van der Waals surface area contributed by atoms with E-state index in [1.807, 2.05) is 31.3 Å². The van der Waals surface area contributed by atoms with Gasteiger partial charge in [-0.05, 0) is 50.1 Å². The Kier molecular flexibility index (Phi) is 3.91. The molecule has 0 fully saturated rings. The highest BCUT2D eigenvalue weighted by molar-refractivity contribution is 5.67. The van der Waals surface area contributed by atoms with Crippen molar-refractivity contribution in [3.8, 4) is 0 Å². The second-order valence-electron chi connectivity index (χ2n) is 5.14. The van der Waals surface area contributed by atoms with Crippen LogP contribution in [0.1, 0.15) is 29.7 Å². The number of aliphatic hydroxyl groups is 1. The van der Waals surface area contributed by atoms with E-state index in [0.717, 1.165) is 16.9 Å². The zero-order chi connectivity index (χ0) is 14.0. The van der Waals surface area contributed by atoms with Gasteiger partial charge in [0.15, 0.2) is 0 Å². The van der Waals surface area contributed by atoms with E-state index in [1.165, 1.54) is 11.1 Å². The maximum absolute atomic E-state index is 9.88. The van der Waals surface area contributed by atoms with Crippen LogP contribution >= 0.6 is 0 Å². The Morgan fingerprint density at radius 3 is 2.16 bits per heavy atom. The van der Waals surface area contributed by atoms with Gasteiger partial charge in [0.1, 0.15) is 0 Å². The lowest BCUT2D eigenvalue weighted by molar-refractivity contribution is 0.200. The largest absolute Gasteiger partial charge is 0.389 e. The van der Waals surface area contributed by atoms with E-state index in [-0.39, 0.29) is 0 Å². The molecule has 100 valence electrons. The van der Waals surface area contributed by atoms with Crippen LogP contribution in [0.5, 0.6) is 0 Å². The van der Waals surface area contributed by atoms with Crippen LogP contribution in [0.25, 0.3) is 0 Å². The summed E-state index contributed by atoms with van der Waals surface area (Å²) in [4.78, 5) is 2.13. The summed E-state index contributed by atoms with van der Waals surface area (Å²) < 4.78 is 0. The molecule has 0 bridgehead atoms. The first kappa shape index (κ1) is 13.6. The van der Waals surface area contributed by atoms with Gasteiger partial charge in [-0.25, -0.2) is 0 Å². The van der Waals surface area contributed by atoms with E-state index in [9.17, 15) is 5.11 Å². The third-order valence-electron chi connectivity index (χ3n) is 3.34. The van der Waals surface area contributed by atoms with Crippen molar-refractivity contribution in [3.05, 3.63) is 59.2 Å². The number of para-hydroxylation sites is 1. The van der Waals surface area contributed by atoms with Crippen molar-refractivity contribution in [2.45, 2.75) is 26.9 Å². The molecule has 0 radical (unpaired) electrons. The van der Waals surface area contributed by atoms with Crippen molar-refractivity contribution in [3.63, 3.8) is 0 Å². The second-order valence-corrected chi connectivity index (χ2v) is 5.14. The van der Waals surface area contributed by atoms with E-state index in [2.05, 4.69) is 36.9 Å². The Morgan fingerprint density at radius 2 is 1.58 bits per heavy atom. The number of rotatable bonds is 3. The maximum Gasteiger partial charge on any atom is 0.0782 e. The van der Waals surface area contributed by atoms with Crippen molar-refractivity contribution in [2.24, 2.45) is 0 Å². The first-order valence-electron chi connectivity index (χ1n) is 6.58. The zero-order valence-electron chi connectivity index (χ0n) is 12.0. The Balaban J connectivity index is 2.46. The highest BCUT2D eigenvalue weighted by Crippen LogP contribution is 2.31. The molecule has 0 heterocycles. The number of hydrogen-bond donors (Lipinski definition) is 1. The molecule has 0 saturated heterocycles. The van der Waals surface area contributed by atoms with E-state index >= 15 is 0 Å². The summed E-state index contributed by atoms with van der Waals surface area (Å²) in [5.41, 5.74) is 5.63. The third-order valence-corrected chi connectivity index (χ3v) is 3.34. The zero-order valence-corrected chi connectivity index (χ0v) is 12.0. The standard InChI is InChI=1S/C17H21NO/c1-12-9-13(2)11-15(10-12)18(4)17-8-6-5-7-16(17)14(3)19/h5-11,14,19H,1-4H3/t14-/m1/s1. The van der Waals surface area contributed by atoms with Gasteiger partial charge in [-0.3, -0.25) is 0 Å². The molecule has 2 nitrogen and oxygen atoms in total. The Morgan fingerprint density at radius 1 is 1.00 bits per heavy atom. The van der Waals surface area contributed by atoms with E-state index in [1.54, 1.807) is 6.92 Å². The summed E-state index contributed by atoms with van der Waals surface area (Å²) in [6.45, 7) is 6.00. The number of nitrogens with zero attached hydrogens (tertiary/aromatic N) is 1. The number of anilines is 2. The first-order chi connectivity index (χ1) is 8.99. The van der Waals surface area contributed by atoms with Crippen LogP contribution in [-0.2, 0) is 0 Å². The first-order valence-corrected chi connectivity index (χ1v) is 6.58. The molecule has 2 aromatic carbocycles. The van der Waals surface area contributed by atoms with Crippen LogP contribution in [0.3, 0.4) is 0 Å². The quantitative estimate of drug-likeness (QED) is 0.891. The number of hydrogen-bond acceptors (Lipinski definition) is 2. The minimum absolute atomic E-state index is 0.468. The fourth-order valence-corrected chi connectivity index (χ4v) is 2.43. The summed E-state index contributed by atoms with van der Waals surface area (Å²) in [7, 11) is 2.04. The lowest BCUT2D eigenvalue weighted by atomic mass is 10.1. The van der Waals surface area contributed by atoms with Gasteiger partial charge in [-0.2, -0.15) is 0 Å². The van der Waals surface area contributed by atoms with Crippen LogP contribution in [0.2, 0.25) is 0 Å². The minimum Gasteiger partial charge on any atom is -0.389 e. The van der Waals surface area contributed by atoms with Crippen molar-refractivity contribution in [1.29, 1.82) is 0 Å². The molecule has 0 aliphatic carbocycles. The highest BCUT2D eigenvalue weighted by atomic mass is 16.3. The molecular weight excluding hydrogens is 234 g/mol. The lowest BCUT2D eigenvalue weighted by Crippen LogP contribution is -2.13. The molecular formula is C17H21NO. The van der Waals surface area contributed by atoms with Gasteiger partial charge in [-0.1, -0.05) is 24.3 Å². The smallest absolute Gasteiger partial charge is 0.0782 e. The normalized spacial score (nSPS) is 12.3. The van der Waals surface area contributed by atoms with E-state index in [4.69, 9.17) is 0 Å². The molecule has 0 aromatic heterocycles. The predicted octanol–water partition coefficient (Wildman–Crippen LogP) is 4.12. The van der Waals surface area contributed by atoms with Crippen LogP contribution in [-0.4, -0.2) is 12.2 Å². The van der Waals surface area contributed by atoms with E-state index < -0.39 is 6.10 Å². The van der Waals surface area contributed by atoms with Crippen molar-refractivity contribution >= 4 is 11.4 Å². The molecule has 19 heavy (non-hydrogen) atoms. The molecule has 0 saturated carbocycles. The average Bonchev–Trinajstić information content (AvgIpc) is 2.36. The molecule has 0 aliphatic rings. The number of aliphatic hydroxyl groups excluding tert-OH is 1. The Hall–Kier alpha value is -1.80. The van der Waals surface area contributed by atoms with Crippen LogP contribution in [0, 0.1) is 13.8 Å². The maximum atomic E-state index is 9.88. The predicted molar refractivity (Wildman–Crippen MR) is 81.1 cm³/mol. The SMILES string of the molecule is Cc1cc(C)cc(N(C)c2ccccc2[C@@H](C)O)c1. The van der Waals surface area contributed by atoms with Gasteiger partial charge in [0.2, 0.25) is 0 Å². The van der Waals surface area contributed by atoms with Gasteiger partial charge < -0.3 is 10.0 Å². The van der Waals surface area contributed by atoms with Crippen LogP contribution < -0.4 is 4.90 Å². The lowest BCUT2D eigenvalue weighted by Gasteiger charge is -2.24. The summed E-state index contributed by atoms with van der Waals surface area (Å²) in [5.74, 6) is 0. The minimum atomic E-state index is -0.468. The van der Waals surface area contributed by atoms with Crippen LogP contribution in [0.4, 0.5) is 11.4 Å². The monoisotopic (exact) mass is 255 g/mol. The molecule has 0 spiro atoms. The van der Waals surface area contributed by atoms with Crippen molar-refractivity contribution < 1.29 is 5.11 Å². The molecule has 2 aromatic rings. The summed E-state index contributed by atoms with van der Waals surface area (Å²) in [6, 6.07) is 14.5. The number of aryl methyl sites for hydroxylation is 2. The van der Waals surface area contributed by atoms with Gasteiger partial charge in [-0.15, -0.1) is 0 Å². The summed E-state index contributed by atoms with van der Waals surface area (Å²) >= 11 is 0. The molecule has 2 rings (SSSR count). The third kappa shape index (κ3) is 2.96. The average molecular weight is 255 g/mol. The fraction of sp³-hybridized carbons (Fsp3) is 0.294. The topological polar surface area (TPSA) is 23.5 Å². The van der Waals surface area contributed by atoms with Gasteiger partial charge >= 0.3 is 0 Å². The van der Waals surface area contributed by atoms with Crippen molar-refractivity contribution in [2.75, 3.05) is 11.9 Å². The molecule has 1 atom stereocenters. The summed E-state index contributed by atoms with van der Waals surface area (Å²) in [6.07, 6.45) is -0.468. The van der Waals surface area contributed by atoms with Crippen LogP contribution in [0.15, 0.2) is 42.5 Å². The van der Waals surface area contributed by atoms with Crippen molar-refractivity contribution in [1.82, 2.24) is 0 Å². The number of benzene rings is 2. The second kappa shape index (κ2) is 5.45. The Labute approximate surface area is 115 Å². The molecule has 0 amide bonds. The highest BCUT2D eigenvalue weighted by Gasteiger charge is 2.12. The Bertz CT molecular complexity index is 555. The van der Waals surface area contributed by atoms with Gasteiger partial charge in [0.25, 0.3) is 0 Å². The van der Waals surface area contributed by atoms with Gasteiger partial charge in [0.05, 0.1) is 6.10 Å². The van der Waals surface area contributed by atoms with E-state index in [0.29, 0.717) is 0 Å². The van der Waals surface area contributed by atoms with Gasteiger partial charge in [0, 0.05) is 24.0 Å². The molecule has 0 unspecified atom stereocenters. The molecule has 0 aliphatic heterocycles.